The molecule has 2 aliphatic heterocycles. The predicted octanol–water partition coefficient (Wildman–Crippen LogP) is 5.85. The maximum absolute atomic E-state index is 12.2. The van der Waals surface area contributed by atoms with Crippen molar-refractivity contribution in [3.05, 3.63) is 53.9 Å². The highest BCUT2D eigenvalue weighted by Crippen LogP contribution is 2.46. The molecule has 0 aliphatic carbocycles. The van der Waals surface area contributed by atoms with Gasteiger partial charge in [-0.05, 0) is 68.1 Å². The van der Waals surface area contributed by atoms with Gasteiger partial charge in [0.05, 0.1) is 48.3 Å². The first-order valence-corrected chi connectivity index (χ1v) is 15.0. The molecule has 5 aromatic rings. The van der Waals surface area contributed by atoms with E-state index in [1.165, 1.54) is 16.2 Å². The molecule has 1 amide bonds. The fraction of sp³-hybridized carbons (Fsp3) is 0.323. The molecule has 0 unspecified atom stereocenters. The van der Waals surface area contributed by atoms with E-state index in [0.29, 0.717) is 23.1 Å². The number of carbonyl (C=O) groups is 1. The number of ether oxygens (including phenoxy) is 3. The molecule has 1 N–H and O–H groups in total. The molecule has 2 aromatic carbocycles. The molecule has 43 heavy (non-hydrogen) atoms. The summed E-state index contributed by atoms with van der Waals surface area (Å²) < 4.78 is 18.7. The lowest BCUT2D eigenvalue weighted by molar-refractivity contribution is 0.0961. The molecule has 0 bridgehead atoms. The second-order valence-corrected chi connectivity index (χ2v) is 11.8. The molecule has 11 nitrogen and oxygen atoms in total. The van der Waals surface area contributed by atoms with Gasteiger partial charge in [0.25, 0.3) is 0 Å². The topological polar surface area (TPSA) is 123 Å². The highest BCUT2D eigenvalue weighted by Gasteiger charge is 2.30. The van der Waals surface area contributed by atoms with Gasteiger partial charge in [-0.25, -0.2) is 24.7 Å². The van der Waals surface area contributed by atoms with Crippen LogP contribution >= 0.6 is 11.3 Å². The molecule has 0 radical (unpaired) electrons. The van der Waals surface area contributed by atoms with E-state index >= 15 is 0 Å². The van der Waals surface area contributed by atoms with Crippen molar-refractivity contribution in [2.45, 2.75) is 32.8 Å². The number of aromatic nitrogens is 4. The number of rotatable bonds is 6. The third-order valence-corrected chi connectivity index (χ3v) is 8.87. The van der Waals surface area contributed by atoms with Gasteiger partial charge in [-0.15, -0.1) is 11.3 Å². The van der Waals surface area contributed by atoms with E-state index in [1.54, 1.807) is 25.6 Å². The number of carboxylic acid groups (broad SMARTS) is 1. The van der Waals surface area contributed by atoms with E-state index in [0.717, 1.165) is 74.7 Å². The first kappa shape index (κ1) is 27.1. The molecular formula is C31H30N6O5S. The van der Waals surface area contributed by atoms with Gasteiger partial charge in [0.2, 0.25) is 5.88 Å². The van der Waals surface area contributed by atoms with E-state index < -0.39 is 12.2 Å². The van der Waals surface area contributed by atoms with E-state index in [2.05, 4.69) is 25.9 Å². The maximum atomic E-state index is 12.2. The fourth-order valence-corrected chi connectivity index (χ4v) is 6.83. The van der Waals surface area contributed by atoms with Crippen LogP contribution in [-0.2, 0) is 0 Å². The Morgan fingerprint density at radius 3 is 2.70 bits per heavy atom. The summed E-state index contributed by atoms with van der Waals surface area (Å²) in [6.45, 7) is 6.23. The number of amides is 1. The SMILES string of the molecule is COc1cnc2c(-c3nc4c(C)cc5c(c4s3)OC[C@H](CN(C(=O)O)c3ccc(N4CCCC4)nc3)O5)cc(C)cc2n1. The Kier molecular flexibility index (Phi) is 6.85. The number of anilines is 2. The zero-order valence-corrected chi connectivity index (χ0v) is 24.8. The summed E-state index contributed by atoms with van der Waals surface area (Å²) in [5.41, 5.74) is 5.65. The molecule has 5 heterocycles. The number of methoxy groups -OCH3 is 1. The van der Waals surface area contributed by atoms with Crippen molar-refractivity contribution in [2.75, 3.05) is 43.2 Å². The maximum Gasteiger partial charge on any atom is 0.411 e. The van der Waals surface area contributed by atoms with Crippen LogP contribution in [0.15, 0.2) is 42.7 Å². The summed E-state index contributed by atoms with van der Waals surface area (Å²) >= 11 is 1.51. The smallest absolute Gasteiger partial charge is 0.411 e. The Labute approximate surface area is 251 Å². The standard InChI is InChI=1S/C31H30N6O5S/c1-17-10-21(27-22(11-17)34-25(40-3)14-33-27)30-35-26-18(2)12-23-28(29(26)43-30)41-16-20(42-23)15-37(31(38)39)19-6-7-24(32-13-19)36-8-4-5-9-36/h6-7,10-14,20H,4-5,8-9,15-16H2,1-3H3,(H,38,39)/t20-/m0/s1. The number of aryl methyl sites for hydroxylation is 2. The van der Waals surface area contributed by atoms with Crippen LogP contribution < -0.4 is 24.0 Å². The summed E-state index contributed by atoms with van der Waals surface area (Å²) in [6.07, 6.45) is 3.94. The largest absolute Gasteiger partial charge is 0.484 e. The molecule has 3 aromatic heterocycles. The Balaban J connectivity index is 1.17. The predicted molar refractivity (Wildman–Crippen MR) is 165 cm³/mol. The van der Waals surface area contributed by atoms with Gasteiger partial charge in [0.15, 0.2) is 17.6 Å². The average Bonchev–Trinajstić information content (AvgIpc) is 3.71. The first-order valence-electron chi connectivity index (χ1n) is 14.1. The highest BCUT2D eigenvalue weighted by molar-refractivity contribution is 7.22. The van der Waals surface area contributed by atoms with Gasteiger partial charge in [-0.3, -0.25) is 4.90 Å². The van der Waals surface area contributed by atoms with Gasteiger partial charge in [0.1, 0.15) is 22.1 Å². The molecule has 1 fully saturated rings. The first-order chi connectivity index (χ1) is 20.9. The van der Waals surface area contributed by atoms with Crippen LogP contribution in [0, 0.1) is 13.8 Å². The van der Waals surface area contributed by atoms with Crippen LogP contribution in [0.4, 0.5) is 16.3 Å². The zero-order chi connectivity index (χ0) is 29.7. The lowest BCUT2D eigenvalue weighted by Crippen LogP contribution is -2.43. The minimum Gasteiger partial charge on any atom is -0.484 e. The summed E-state index contributed by atoms with van der Waals surface area (Å²) in [5.74, 6) is 2.51. The van der Waals surface area contributed by atoms with Crippen molar-refractivity contribution in [1.29, 1.82) is 0 Å². The Hall–Kier alpha value is -4.71. The second-order valence-electron chi connectivity index (χ2n) is 10.8. The Morgan fingerprint density at radius 2 is 1.95 bits per heavy atom. The third kappa shape index (κ3) is 5.01. The van der Waals surface area contributed by atoms with Crippen molar-refractivity contribution in [3.8, 4) is 28.0 Å². The number of pyridine rings is 1. The van der Waals surface area contributed by atoms with Crippen LogP contribution in [0.5, 0.6) is 17.4 Å². The van der Waals surface area contributed by atoms with Crippen LogP contribution in [0.2, 0.25) is 0 Å². The number of fused-ring (bicyclic) bond motifs is 4. The molecular weight excluding hydrogens is 568 g/mol. The molecule has 220 valence electrons. The van der Waals surface area contributed by atoms with Crippen LogP contribution in [-0.4, -0.2) is 70.6 Å². The number of hydrogen-bond acceptors (Lipinski definition) is 10. The third-order valence-electron chi connectivity index (χ3n) is 7.79. The van der Waals surface area contributed by atoms with Crippen molar-refractivity contribution < 1.29 is 24.1 Å². The van der Waals surface area contributed by atoms with Crippen molar-refractivity contribution >= 4 is 50.2 Å². The zero-order valence-electron chi connectivity index (χ0n) is 24.0. The van der Waals surface area contributed by atoms with E-state index in [-0.39, 0.29) is 13.2 Å². The van der Waals surface area contributed by atoms with Gasteiger partial charge in [-0.1, -0.05) is 0 Å². The minimum absolute atomic E-state index is 0.0992. The van der Waals surface area contributed by atoms with E-state index in [1.807, 2.05) is 32.0 Å². The van der Waals surface area contributed by atoms with Crippen molar-refractivity contribution in [1.82, 2.24) is 19.9 Å². The van der Waals surface area contributed by atoms with Crippen LogP contribution in [0.3, 0.4) is 0 Å². The Bertz CT molecular complexity index is 1850. The summed E-state index contributed by atoms with van der Waals surface area (Å²) in [7, 11) is 1.57. The summed E-state index contributed by atoms with van der Waals surface area (Å²) in [4.78, 5) is 34.4. The van der Waals surface area contributed by atoms with Gasteiger partial charge >= 0.3 is 6.09 Å². The van der Waals surface area contributed by atoms with E-state index in [4.69, 9.17) is 19.2 Å². The van der Waals surface area contributed by atoms with Gasteiger partial charge in [0, 0.05) is 18.7 Å². The molecule has 0 spiro atoms. The molecule has 1 atom stereocenters. The molecule has 12 heteroatoms. The average molecular weight is 599 g/mol. The van der Waals surface area contributed by atoms with E-state index in [9.17, 15) is 9.90 Å². The van der Waals surface area contributed by atoms with Crippen LogP contribution in [0.25, 0.3) is 31.8 Å². The fourth-order valence-electron chi connectivity index (χ4n) is 5.68. The lowest BCUT2D eigenvalue weighted by atomic mass is 10.1. The second kappa shape index (κ2) is 10.8. The van der Waals surface area contributed by atoms with Crippen molar-refractivity contribution in [2.24, 2.45) is 0 Å². The number of hydrogen-bond donors (Lipinski definition) is 1. The molecule has 1 saturated heterocycles. The number of benzene rings is 2. The summed E-state index contributed by atoms with van der Waals surface area (Å²) in [6, 6.07) is 9.62. The minimum atomic E-state index is -1.07. The monoisotopic (exact) mass is 598 g/mol. The van der Waals surface area contributed by atoms with Gasteiger partial charge < -0.3 is 24.2 Å². The molecule has 7 rings (SSSR count). The number of nitrogens with zero attached hydrogens (tertiary/aromatic N) is 6. The summed E-state index contributed by atoms with van der Waals surface area (Å²) in [5, 5.41) is 10.8. The quantitative estimate of drug-likeness (QED) is 0.255. The highest BCUT2D eigenvalue weighted by atomic mass is 32.1. The lowest BCUT2D eigenvalue weighted by Gasteiger charge is -2.30. The van der Waals surface area contributed by atoms with Gasteiger partial charge in [-0.2, -0.15) is 0 Å². The van der Waals surface area contributed by atoms with Crippen LogP contribution in [0.1, 0.15) is 24.0 Å². The molecule has 0 saturated carbocycles. The Morgan fingerprint density at radius 1 is 1.12 bits per heavy atom. The number of thiazole rings is 1. The molecule has 2 aliphatic rings. The normalized spacial score (nSPS) is 16.2. The van der Waals surface area contributed by atoms with Crippen molar-refractivity contribution in [3.63, 3.8) is 0 Å².